The molecular weight excluding hydrogens is 153 g/mol. The van der Waals surface area contributed by atoms with Gasteiger partial charge in [-0.3, -0.25) is 0 Å². The van der Waals surface area contributed by atoms with Crippen LogP contribution in [-0.4, -0.2) is 6.17 Å². The van der Waals surface area contributed by atoms with Crippen LogP contribution in [0.3, 0.4) is 0 Å². The van der Waals surface area contributed by atoms with Gasteiger partial charge in [0.2, 0.25) is 0 Å². The maximum absolute atomic E-state index is 13.2. The smallest absolute Gasteiger partial charge is 0.116 e. The van der Waals surface area contributed by atoms with E-state index in [0.29, 0.717) is 18.3 Å². The molecule has 0 N–H and O–H groups in total. The number of hydrogen-bond acceptors (Lipinski definition) is 1. The molecule has 2 heteroatoms. The van der Waals surface area contributed by atoms with Gasteiger partial charge in [0.05, 0.1) is 12.0 Å². The monoisotopic (exact) mass is 169 g/mol. The maximum Gasteiger partial charge on any atom is 0.116 e. The Kier molecular flexibility index (Phi) is 3.08. The summed E-state index contributed by atoms with van der Waals surface area (Å²) >= 11 is 0. The highest BCUT2D eigenvalue weighted by Gasteiger charge is 2.31. The van der Waals surface area contributed by atoms with E-state index in [4.69, 9.17) is 5.26 Å². The second-order valence-electron chi connectivity index (χ2n) is 4.07. The molecule has 0 radical (unpaired) electrons. The minimum Gasteiger partial charge on any atom is -0.246 e. The maximum atomic E-state index is 13.2. The lowest BCUT2D eigenvalue weighted by Crippen LogP contribution is -2.27. The van der Waals surface area contributed by atoms with Gasteiger partial charge in [0.15, 0.2) is 0 Å². The van der Waals surface area contributed by atoms with Gasteiger partial charge >= 0.3 is 0 Å². The molecule has 12 heavy (non-hydrogen) atoms. The van der Waals surface area contributed by atoms with E-state index in [9.17, 15) is 4.39 Å². The fourth-order valence-corrected chi connectivity index (χ4v) is 1.90. The summed E-state index contributed by atoms with van der Waals surface area (Å²) < 4.78 is 13.2. The van der Waals surface area contributed by atoms with Crippen LogP contribution in [0.2, 0.25) is 0 Å². The average molecular weight is 169 g/mol. The Labute approximate surface area is 73.6 Å². The molecule has 0 aromatic heterocycles. The lowest BCUT2D eigenvalue weighted by Gasteiger charge is -2.30. The van der Waals surface area contributed by atoms with Crippen molar-refractivity contribution < 1.29 is 4.39 Å². The van der Waals surface area contributed by atoms with E-state index in [1.807, 2.05) is 6.07 Å². The predicted molar refractivity (Wildman–Crippen MR) is 46.2 cm³/mol. The molecule has 1 rings (SSSR count). The molecule has 0 bridgehead atoms. The Morgan fingerprint density at radius 2 is 2.08 bits per heavy atom. The van der Waals surface area contributed by atoms with Crippen LogP contribution in [0, 0.1) is 29.1 Å². The standard InChI is InChI=1S/C10H16FN/c1-7(2)8-3-4-9(6-12)10(11)5-8/h7-10H,3-5H2,1-2H3/t8-,9-,10?/m0/s1. The van der Waals surface area contributed by atoms with Gasteiger partial charge in [-0.2, -0.15) is 5.26 Å². The predicted octanol–water partition coefficient (Wildman–Crippen LogP) is 2.92. The first-order valence-electron chi connectivity index (χ1n) is 4.68. The molecule has 1 unspecified atom stereocenters. The first-order valence-corrected chi connectivity index (χ1v) is 4.68. The number of hydrogen-bond donors (Lipinski definition) is 0. The number of rotatable bonds is 1. The molecule has 1 nitrogen and oxygen atoms in total. The summed E-state index contributed by atoms with van der Waals surface area (Å²) in [6, 6.07) is 2.04. The number of nitriles is 1. The topological polar surface area (TPSA) is 23.8 Å². The SMILES string of the molecule is CC(C)[C@H]1CC[C@@H](C#N)C(F)C1. The van der Waals surface area contributed by atoms with E-state index in [0.717, 1.165) is 12.8 Å². The lowest BCUT2D eigenvalue weighted by atomic mass is 9.76. The Hall–Kier alpha value is -0.580. The quantitative estimate of drug-likeness (QED) is 0.592. The van der Waals surface area contributed by atoms with Crippen molar-refractivity contribution in [3.8, 4) is 6.07 Å². The fraction of sp³-hybridized carbons (Fsp3) is 0.900. The van der Waals surface area contributed by atoms with Crippen LogP contribution in [-0.2, 0) is 0 Å². The van der Waals surface area contributed by atoms with Crippen molar-refractivity contribution in [1.82, 2.24) is 0 Å². The van der Waals surface area contributed by atoms with Crippen molar-refractivity contribution in [2.45, 2.75) is 39.3 Å². The highest BCUT2D eigenvalue weighted by atomic mass is 19.1. The van der Waals surface area contributed by atoms with Crippen molar-refractivity contribution in [3.05, 3.63) is 0 Å². The largest absolute Gasteiger partial charge is 0.246 e. The lowest BCUT2D eigenvalue weighted by molar-refractivity contribution is 0.132. The molecular formula is C10H16FN. The van der Waals surface area contributed by atoms with E-state index < -0.39 is 6.17 Å². The van der Waals surface area contributed by atoms with Crippen LogP contribution in [0.25, 0.3) is 0 Å². The Morgan fingerprint density at radius 3 is 2.50 bits per heavy atom. The normalized spacial score (nSPS) is 36.4. The minimum atomic E-state index is -0.879. The van der Waals surface area contributed by atoms with Gasteiger partial charge in [-0.15, -0.1) is 0 Å². The summed E-state index contributed by atoms with van der Waals surface area (Å²) in [5.74, 6) is 0.715. The van der Waals surface area contributed by atoms with Crippen LogP contribution in [0.4, 0.5) is 4.39 Å². The molecule has 0 amide bonds. The third-order valence-electron chi connectivity index (χ3n) is 2.92. The van der Waals surface area contributed by atoms with Crippen molar-refractivity contribution in [2.24, 2.45) is 17.8 Å². The van der Waals surface area contributed by atoms with Crippen LogP contribution in [0.5, 0.6) is 0 Å². The van der Waals surface area contributed by atoms with Crippen molar-refractivity contribution >= 4 is 0 Å². The van der Waals surface area contributed by atoms with Crippen molar-refractivity contribution in [2.75, 3.05) is 0 Å². The second kappa shape index (κ2) is 3.89. The molecule has 0 spiro atoms. The van der Waals surface area contributed by atoms with E-state index >= 15 is 0 Å². The molecule has 1 aliphatic rings. The number of halogens is 1. The average Bonchev–Trinajstić information content (AvgIpc) is 2.04. The molecule has 0 heterocycles. The molecule has 1 saturated carbocycles. The fourth-order valence-electron chi connectivity index (χ4n) is 1.90. The molecule has 68 valence electrons. The summed E-state index contributed by atoms with van der Waals surface area (Å²) in [4.78, 5) is 0. The van der Waals surface area contributed by atoms with Gasteiger partial charge in [-0.05, 0) is 31.1 Å². The second-order valence-corrected chi connectivity index (χ2v) is 4.07. The van der Waals surface area contributed by atoms with Crippen LogP contribution < -0.4 is 0 Å². The summed E-state index contributed by atoms with van der Waals surface area (Å²) in [6.07, 6.45) is 1.49. The number of nitrogens with zero attached hydrogens (tertiary/aromatic N) is 1. The highest BCUT2D eigenvalue weighted by Crippen LogP contribution is 2.34. The van der Waals surface area contributed by atoms with Crippen molar-refractivity contribution in [3.63, 3.8) is 0 Å². The van der Waals surface area contributed by atoms with E-state index in [1.165, 1.54) is 0 Å². The van der Waals surface area contributed by atoms with Crippen LogP contribution in [0.15, 0.2) is 0 Å². The highest BCUT2D eigenvalue weighted by molar-refractivity contribution is 4.93. The third kappa shape index (κ3) is 1.97. The summed E-state index contributed by atoms with van der Waals surface area (Å²) in [5, 5.41) is 8.60. The zero-order chi connectivity index (χ0) is 9.14. The Morgan fingerprint density at radius 1 is 1.42 bits per heavy atom. The van der Waals surface area contributed by atoms with E-state index in [-0.39, 0.29) is 5.92 Å². The van der Waals surface area contributed by atoms with Crippen molar-refractivity contribution in [1.29, 1.82) is 5.26 Å². The van der Waals surface area contributed by atoms with Gasteiger partial charge in [0, 0.05) is 0 Å². The number of alkyl halides is 1. The first kappa shape index (κ1) is 9.51. The van der Waals surface area contributed by atoms with Gasteiger partial charge in [0.25, 0.3) is 0 Å². The first-order chi connectivity index (χ1) is 5.65. The molecule has 3 atom stereocenters. The van der Waals surface area contributed by atoms with Gasteiger partial charge in [-0.1, -0.05) is 13.8 Å². The van der Waals surface area contributed by atoms with E-state index in [1.54, 1.807) is 0 Å². The zero-order valence-corrected chi connectivity index (χ0v) is 7.76. The molecule has 0 aromatic carbocycles. The molecule has 1 fully saturated rings. The molecule has 0 saturated heterocycles. The Bertz CT molecular complexity index is 183. The third-order valence-corrected chi connectivity index (χ3v) is 2.92. The van der Waals surface area contributed by atoms with Gasteiger partial charge in [-0.25, -0.2) is 4.39 Å². The summed E-state index contributed by atoms with van der Waals surface area (Å²) in [5.41, 5.74) is 0. The summed E-state index contributed by atoms with van der Waals surface area (Å²) in [6.45, 7) is 4.26. The summed E-state index contributed by atoms with van der Waals surface area (Å²) in [7, 11) is 0. The Balaban J connectivity index is 2.47. The molecule has 1 aliphatic carbocycles. The van der Waals surface area contributed by atoms with E-state index in [2.05, 4.69) is 13.8 Å². The molecule has 0 aliphatic heterocycles. The van der Waals surface area contributed by atoms with Crippen LogP contribution in [0.1, 0.15) is 33.1 Å². The molecule has 0 aromatic rings. The minimum absolute atomic E-state index is 0.333. The van der Waals surface area contributed by atoms with Crippen LogP contribution >= 0.6 is 0 Å². The zero-order valence-electron chi connectivity index (χ0n) is 7.76. The van der Waals surface area contributed by atoms with Gasteiger partial charge < -0.3 is 0 Å². The van der Waals surface area contributed by atoms with Gasteiger partial charge in [0.1, 0.15) is 6.17 Å².